The lowest BCUT2D eigenvalue weighted by molar-refractivity contribution is 0.240. The Balaban J connectivity index is 2.54. The topological polar surface area (TPSA) is 3.24 Å². The Bertz CT molecular complexity index is 124. The van der Waals surface area contributed by atoms with Gasteiger partial charge in [0.2, 0.25) is 0 Å². The molecule has 1 aliphatic rings. The van der Waals surface area contributed by atoms with Gasteiger partial charge in [0.1, 0.15) is 0 Å². The van der Waals surface area contributed by atoms with Crippen LogP contribution in [0.4, 0.5) is 0 Å². The molecule has 1 heteroatoms. The van der Waals surface area contributed by atoms with Gasteiger partial charge in [-0.25, -0.2) is 0 Å². The summed E-state index contributed by atoms with van der Waals surface area (Å²) in [6.45, 7) is 10.7. The summed E-state index contributed by atoms with van der Waals surface area (Å²) in [6, 6.07) is 0.791. The van der Waals surface area contributed by atoms with Crippen molar-refractivity contribution in [2.45, 2.75) is 40.2 Å². The second kappa shape index (κ2) is 2.78. The molecule has 0 spiro atoms. The third-order valence-electron chi connectivity index (χ3n) is 3.11. The zero-order valence-corrected chi connectivity index (χ0v) is 8.52. The molecule has 0 aromatic rings. The van der Waals surface area contributed by atoms with Crippen LogP contribution < -0.4 is 0 Å². The first-order valence-corrected chi connectivity index (χ1v) is 4.61. The van der Waals surface area contributed by atoms with Crippen LogP contribution in [-0.4, -0.2) is 24.5 Å². The van der Waals surface area contributed by atoms with Gasteiger partial charge in [0.05, 0.1) is 0 Å². The summed E-state index contributed by atoms with van der Waals surface area (Å²) >= 11 is 0. The lowest BCUT2D eigenvalue weighted by atomic mass is 9.79. The number of rotatable bonds is 0. The molecule has 1 saturated heterocycles. The Labute approximate surface area is 70.8 Å². The zero-order chi connectivity index (χ0) is 8.65. The van der Waals surface area contributed by atoms with Gasteiger partial charge in [-0.3, -0.25) is 0 Å². The molecule has 0 amide bonds. The lowest BCUT2D eigenvalue weighted by Gasteiger charge is -2.26. The zero-order valence-electron chi connectivity index (χ0n) is 8.52. The Hall–Kier alpha value is -0.0400. The van der Waals surface area contributed by atoms with Gasteiger partial charge in [-0.1, -0.05) is 20.8 Å². The van der Waals surface area contributed by atoms with E-state index in [1.807, 2.05) is 0 Å². The molecule has 0 aliphatic carbocycles. The summed E-state index contributed by atoms with van der Waals surface area (Å²) in [5, 5.41) is 0. The number of likely N-dealkylation sites (tertiary alicyclic amines) is 1. The van der Waals surface area contributed by atoms with Crippen molar-refractivity contribution in [3.8, 4) is 0 Å². The average Bonchev–Trinajstić information content (AvgIpc) is 2.11. The highest BCUT2D eigenvalue weighted by Crippen LogP contribution is 2.35. The largest absolute Gasteiger partial charge is 0.303 e. The molecule has 0 N–H and O–H groups in total. The third kappa shape index (κ3) is 1.96. The smallest absolute Gasteiger partial charge is 0.00673 e. The fourth-order valence-corrected chi connectivity index (χ4v) is 1.82. The van der Waals surface area contributed by atoms with Crippen LogP contribution in [0.1, 0.15) is 34.1 Å². The molecule has 2 unspecified atom stereocenters. The molecule has 0 aromatic carbocycles. The minimum Gasteiger partial charge on any atom is -0.303 e. The van der Waals surface area contributed by atoms with E-state index in [0.717, 1.165) is 12.0 Å². The summed E-state index contributed by atoms with van der Waals surface area (Å²) < 4.78 is 0. The van der Waals surface area contributed by atoms with E-state index in [1.54, 1.807) is 0 Å². The van der Waals surface area contributed by atoms with Crippen molar-refractivity contribution >= 4 is 0 Å². The SMILES string of the molecule is CC1CC(C(C)(C)C)CN1C. The van der Waals surface area contributed by atoms with E-state index in [9.17, 15) is 0 Å². The number of hydrogen-bond donors (Lipinski definition) is 0. The molecule has 0 saturated carbocycles. The van der Waals surface area contributed by atoms with Crippen molar-refractivity contribution in [1.82, 2.24) is 4.90 Å². The molecule has 2 atom stereocenters. The van der Waals surface area contributed by atoms with E-state index in [0.29, 0.717) is 5.41 Å². The van der Waals surface area contributed by atoms with Gasteiger partial charge in [0.15, 0.2) is 0 Å². The van der Waals surface area contributed by atoms with E-state index in [1.165, 1.54) is 13.0 Å². The normalized spacial score (nSPS) is 34.6. The first-order chi connectivity index (χ1) is 4.91. The molecule has 1 aliphatic heterocycles. The van der Waals surface area contributed by atoms with Gasteiger partial charge in [-0.05, 0) is 31.7 Å². The van der Waals surface area contributed by atoms with E-state index in [-0.39, 0.29) is 0 Å². The van der Waals surface area contributed by atoms with Crippen molar-refractivity contribution in [3.63, 3.8) is 0 Å². The van der Waals surface area contributed by atoms with Crippen LogP contribution in [0.25, 0.3) is 0 Å². The van der Waals surface area contributed by atoms with Crippen molar-refractivity contribution in [1.29, 1.82) is 0 Å². The molecule has 1 rings (SSSR count). The van der Waals surface area contributed by atoms with Gasteiger partial charge in [-0.15, -0.1) is 0 Å². The summed E-state index contributed by atoms with van der Waals surface area (Å²) in [5.74, 6) is 0.891. The van der Waals surface area contributed by atoms with Gasteiger partial charge in [0, 0.05) is 12.6 Å². The predicted octanol–water partition coefficient (Wildman–Crippen LogP) is 2.37. The molecular weight excluding hydrogens is 134 g/mol. The summed E-state index contributed by atoms with van der Waals surface area (Å²) in [6.07, 6.45) is 1.38. The van der Waals surface area contributed by atoms with Crippen LogP contribution in [-0.2, 0) is 0 Å². The minimum absolute atomic E-state index is 0.499. The minimum atomic E-state index is 0.499. The lowest BCUT2D eigenvalue weighted by Crippen LogP contribution is -2.24. The van der Waals surface area contributed by atoms with Gasteiger partial charge in [-0.2, -0.15) is 0 Å². The maximum atomic E-state index is 2.47. The standard InChI is InChI=1S/C10H21N/c1-8-6-9(7-11(8)5)10(2,3)4/h8-9H,6-7H2,1-5H3. The quantitative estimate of drug-likeness (QED) is 0.519. The highest BCUT2D eigenvalue weighted by Gasteiger charge is 2.33. The maximum Gasteiger partial charge on any atom is 0.00673 e. The molecule has 1 fully saturated rings. The molecule has 1 heterocycles. The van der Waals surface area contributed by atoms with E-state index >= 15 is 0 Å². The first-order valence-electron chi connectivity index (χ1n) is 4.61. The molecule has 11 heavy (non-hydrogen) atoms. The van der Waals surface area contributed by atoms with E-state index in [2.05, 4.69) is 39.6 Å². The van der Waals surface area contributed by atoms with Gasteiger partial charge < -0.3 is 4.90 Å². The molecule has 0 bridgehead atoms. The fraction of sp³-hybridized carbons (Fsp3) is 1.00. The molecule has 66 valence electrons. The highest BCUT2D eigenvalue weighted by molar-refractivity contribution is 4.86. The van der Waals surface area contributed by atoms with E-state index < -0.39 is 0 Å². The van der Waals surface area contributed by atoms with Crippen molar-refractivity contribution in [2.75, 3.05) is 13.6 Å². The van der Waals surface area contributed by atoms with E-state index in [4.69, 9.17) is 0 Å². The number of nitrogens with zero attached hydrogens (tertiary/aromatic N) is 1. The fourth-order valence-electron chi connectivity index (χ4n) is 1.82. The first kappa shape index (κ1) is 9.05. The molecule has 1 nitrogen and oxygen atoms in total. The Kier molecular flexibility index (Phi) is 2.29. The maximum absolute atomic E-state index is 2.47. The van der Waals surface area contributed by atoms with Crippen LogP contribution in [0.15, 0.2) is 0 Å². The Morgan fingerprint density at radius 2 is 1.82 bits per heavy atom. The summed E-state index contributed by atoms with van der Waals surface area (Å²) in [7, 11) is 2.23. The Morgan fingerprint density at radius 1 is 1.27 bits per heavy atom. The van der Waals surface area contributed by atoms with Crippen molar-refractivity contribution < 1.29 is 0 Å². The predicted molar refractivity (Wildman–Crippen MR) is 49.7 cm³/mol. The second-order valence-electron chi connectivity index (χ2n) is 5.09. The average molecular weight is 155 g/mol. The van der Waals surface area contributed by atoms with Crippen LogP contribution in [0.2, 0.25) is 0 Å². The monoisotopic (exact) mass is 155 g/mol. The van der Waals surface area contributed by atoms with Crippen LogP contribution in [0, 0.1) is 11.3 Å². The van der Waals surface area contributed by atoms with Crippen molar-refractivity contribution in [3.05, 3.63) is 0 Å². The third-order valence-corrected chi connectivity index (χ3v) is 3.11. The summed E-state index contributed by atoms with van der Waals surface area (Å²) in [5.41, 5.74) is 0.499. The Morgan fingerprint density at radius 3 is 2.00 bits per heavy atom. The second-order valence-corrected chi connectivity index (χ2v) is 5.09. The molecule has 0 aromatic heterocycles. The molecule has 0 radical (unpaired) electrons. The van der Waals surface area contributed by atoms with Gasteiger partial charge >= 0.3 is 0 Å². The highest BCUT2D eigenvalue weighted by atomic mass is 15.1. The molecular formula is C10H21N. The van der Waals surface area contributed by atoms with Crippen LogP contribution in [0.5, 0.6) is 0 Å². The van der Waals surface area contributed by atoms with Gasteiger partial charge in [0.25, 0.3) is 0 Å². The van der Waals surface area contributed by atoms with Crippen LogP contribution >= 0.6 is 0 Å². The number of hydrogen-bond acceptors (Lipinski definition) is 1. The van der Waals surface area contributed by atoms with Crippen molar-refractivity contribution in [2.24, 2.45) is 11.3 Å². The summed E-state index contributed by atoms with van der Waals surface area (Å²) in [4.78, 5) is 2.47. The van der Waals surface area contributed by atoms with Crippen LogP contribution in [0.3, 0.4) is 0 Å².